The number of aliphatic carboxylic acids is 2. The molecule has 2 aliphatic carbocycles. The minimum atomic E-state index is -3.80. The van der Waals surface area contributed by atoms with Crippen LogP contribution in [-0.4, -0.2) is 275 Å². The number of rotatable bonds is 24. The third-order valence-corrected chi connectivity index (χ3v) is 29.9. The first-order valence-corrected chi connectivity index (χ1v) is 48.3. The fourth-order valence-corrected chi connectivity index (χ4v) is 20.6. The van der Waals surface area contributed by atoms with E-state index in [1.165, 1.54) is 73.6 Å². The molecule has 128 heavy (non-hydrogen) atoms. The molecule has 7 aliphatic rings. The standard InChI is InChI=1S/C44H61N9O9S2.C44H63N9O9S2/c1-26(2)45-42-48-34(25-63-42)33-21-36(30-16-15-28(61-7)19-32(30)46-33)62-29-20-35-38(54)50-44(40(56)57)22-27(44)13-11-9-8-10-12-14-31(39(55)53(35)23-29)47-41(58)49-37(43(3,4)5)24-52-18-17-51(6)64(52,59)60;1-26(2)45-42-48-34(25-63-42)33-21-36(30-18-17-28(61-9)19-32(30)46-33)62-29-20-35-38(54)50-44(40(56)57)22-27(44)15-13-11-10-12-14-16-31(39(55)53(35)23-29)47-41(58)49-37(43(3,4)5)24-52(8)64(59,60)51(6)7/h11,13,15-16,19,21,25-27,29,31,35,37H,8-10,12,14,17-18,20,22-24H2,1-7H3,(H,45,48)(H,50,54)(H,56,57)(H2,47,49,58);13,15,17-19,21,25-27,29,31,35,37H,10-12,14,16,20,22-24H2,1-9H3,(H,45,48)(H,50,54)(H,56,57)(H2,47,49,58)/b13-11-;15-13-/t2*27?,29-,31+,35+,37-,44-/m11/s1. The maximum absolute atomic E-state index is 14.9. The summed E-state index contributed by atoms with van der Waals surface area (Å²) in [5, 5.41) is 51.2. The number of aromatic nitrogens is 4. The van der Waals surface area contributed by atoms with Gasteiger partial charge in [0.25, 0.3) is 20.4 Å². The van der Waals surface area contributed by atoms with Gasteiger partial charge in [0.1, 0.15) is 81.8 Å². The second-order valence-corrected chi connectivity index (χ2v) is 43.1. The highest BCUT2D eigenvalue weighted by atomic mass is 32.2. The van der Waals surface area contributed by atoms with Gasteiger partial charge in [-0.3, -0.25) is 19.2 Å². The predicted octanol–water partition coefficient (Wildman–Crippen LogP) is 9.43. The van der Waals surface area contributed by atoms with Crippen molar-refractivity contribution in [3.8, 4) is 45.8 Å². The molecule has 698 valence electrons. The second kappa shape index (κ2) is 40.1. The highest BCUT2D eigenvalue weighted by Crippen LogP contribution is 2.48. The number of allylic oxidation sites excluding steroid dienone is 2. The largest absolute Gasteiger partial charge is 0.497 e. The number of carboxylic acid groups (broad SMARTS) is 2. The summed E-state index contributed by atoms with van der Waals surface area (Å²) in [7, 11) is 1.46. The number of pyridine rings is 2. The number of ether oxygens (including phenoxy) is 4. The summed E-state index contributed by atoms with van der Waals surface area (Å²) in [5.41, 5.74) is -0.703. The van der Waals surface area contributed by atoms with Gasteiger partial charge in [0, 0.05) is 149 Å². The van der Waals surface area contributed by atoms with E-state index in [0.717, 1.165) is 40.3 Å². The van der Waals surface area contributed by atoms with E-state index in [-0.39, 0.29) is 83.3 Å². The van der Waals surface area contributed by atoms with E-state index in [0.29, 0.717) is 99.8 Å². The minimum Gasteiger partial charge on any atom is -0.497 e. The van der Waals surface area contributed by atoms with Gasteiger partial charge in [-0.2, -0.15) is 34.1 Å². The van der Waals surface area contributed by atoms with Gasteiger partial charge in [0.15, 0.2) is 10.3 Å². The molecule has 0 bridgehead atoms. The van der Waals surface area contributed by atoms with Crippen molar-refractivity contribution in [1.29, 1.82) is 0 Å². The van der Waals surface area contributed by atoms with Crippen LogP contribution in [0.15, 0.2) is 83.6 Å². The van der Waals surface area contributed by atoms with Crippen LogP contribution in [0.3, 0.4) is 0 Å². The molecule has 10 N–H and O–H groups in total. The van der Waals surface area contributed by atoms with Crippen LogP contribution in [0.1, 0.15) is 159 Å². The number of fused-ring (bicyclic) bond motifs is 6. The molecule has 13 rings (SSSR count). The molecular formula is C88H124N18O18S4. The van der Waals surface area contributed by atoms with Crippen LogP contribution in [0.5, 0.6) is 23.0 Å². The van der Waals surface area contributed by atoms with Gasteiger partial charge in [-0.25, -0.2) is 39.1 Å². The first-order valence-electron chi connectivity index (χ1n) is 43.7. The van der Waals surface area contributed by atoms with E-state index in [1.807, 2.05) is 116 Å². The quantitative estimate of drug-likeness (QED) is 0.0252. The third-order valence-electron chi connectivity index (χ3n) is 24.5. The van der Waals surface area contributed by atoms with Crippen molar-refractivity contribution in [2.45, 2.75) is 231 Å². The Morgan fingerprint density at radius 1 is 0.609 bits per heavy atom. The number of nitrogens with one attached hydrogen (secondary N) is 8. The lowest BCUT2D eigenvalue weighted by Gasteiger charge is -2.35. The fraction of sp³-hybridized carbons (Fsp3) is 0.591. The van der Waals surface area contributed by atoms with Gasteiger partial charge >= 0.3 is 24.0 Å². The Morgan fingerprint density at radius 2 is 1.04 bits per heavy atom. The van der Waals surface area contributed by atoms with Crippen molar-refractivity contribution in [2.24, 2.45) is 22.7 Å². The molecule has 36 nitrogen and oxygen atoms in total. The van der Waals surface area contributed by atoms with Gasteiger partial charge in [0.2, 0.25) is 23.6 Å². The normalized spacial score (nSPS) is 25.4. The van der Waals surface area contributed by atoms with E-state index in [1.54, 1.807) is 50.6 Å². The summed E-state index contributed by atoms with van der Waals surface area (Å²) in [5.74, 6) is -3.36. The van der Waals surface area contributed by atoms with Crippen LogP contribution in [0, 0.1) is 22.7 Å². The first-order chi connectivity index (χ1) is 60.4. The molecule has 9 heterocycles. The van der Waals surface area contributed by atoms with Crippen LogP contribution in [-0.2, 0) is 49.2 Å². The number of hydrogen-bond acceptors (Lipinski definition) is 24. The van der Waals surface area contributed by atoms with E-state index in [2.05, 4.69) is 42.5 Å². The van der Waals surface area contributed by atoms with Crippen LogP contribution in [0.25, 0.3) is 44.6 Å². The third kappa shape index (κ3) is 22.8. The maximum atomic E-state index is 14.9. The average molecular weight is 1850 g/mol. The van der Waals surface area contributed by atoms with Crippen LogP contribution in [0.4, 0.5) is 19.9 Å². The van der Waals surface area contributed by atoms with Crippen molar-refractivity contribution in [1.82, 2.24) is 78.9 Å². The molecule has 0 radical (unpaired) electrons. The number of hydrogen-bond donors (Lipinski definition) is 10. The van der Waals surface area contributed by atoms with Crippen molar-refractivity contribution in [2.75, 3.05) is 92.3 Å². The zero-order valence-electron chi connectivity index (χ0n) is 75.7. The molecule has 4 aromatic heterocycles. The van der Waals surface area contributed by atoms with Crippen molar-refractivity contribution >= 4 is 123 Å². The number of carbonyl (C=O) groups is 8. The molecule has 12 atom stereocenters. The summed E-state index contributed by atoms with van der Waals surface area (Å²) in [4.78, 5) is 134. The monoisotopic (exact) mass is 1850 g/mol. The van der Waals surface area contributed by atoms with E-state index < -0.39 is 150 Å². The Morgan fingerprint density at radius 3 is 1.42 bits per heavy atom. The molecule has 2 unspecified atom stereocenters. The predicted molar refractivity (Wildman–Crippen MR) is 489 cm³/mol. The van der Waals surface area contributed by atoms with Gasteiger partial charge in [-0.05, 0) is 114 Å². The number of amides is 8. The number of thiazole rings is 2. The lowest BCUT2D eigenvalue weighted by molar-refractivity contribution is -0.146. The molecule has 5 fully saturated rings. The second-order valence-electron chi connectivity index (χ2n) is 37.1. The molecule has 6 aromatic rings. The number of carboxylic acids is 2. The summed E-state index contributed by atoms with van der Waals surface area (Å²) >= 11 is 2.89. The summed E-state index contributed by atoms with van der Waals surface area (Å²) in [6, 6.07) is 7.68. The summed E-state index contributed by atoms with van der Waals surface area (Å²) in [6.45, 7) is 19.9. The van der Waals surface area contributed by atoms with Crippen molar-refractivity contribution < 1.29 is 84.4 Å². The topological polar surface area (TPSA) is 449 Å². The Bertz CT molecular complexity index is 5370. The van der Waals surface area contributed by atoms with Crippen molar-refractivity contribution in [3.05, 3.63) is 83.6 Å². The molecule has 3 saturated heterocycles. The minimum absolute atomic E-state index is 0.0277. The number of carbonyl (C=O) groups excluding carboxylic acids is 6. The van der Waals surface area contributed by atoms with Gasteiger partial charge in [0.05, 0.1) is 49.7 Å². The number of methoxy groups -OCH3 is 2. The smallest absolute Gasteiger partial charge is 0.330 e. The van der Waals surface area contributed by atoms with Gasteiger partial charge < -0.3 is 81.5 Å². The maximum Gasteiger partial charge on any atom is 0.330 e. The number of urea groups is 2. The van der Waals surface area contributed by atoms with Gasteiger partial charge in [-0.15, -0.1) is 22.7 Å². The van der Waals surface area contributed by atoms with Gasteiger partial charge in [-0.1, -0.05) is 91.5 Å². The first kappa shape index (κ1) is 97.0. The SMILES string of the molecule is COc1ccc2c(O[C@@H]3C[C@H]4C(=O)N[C@]5(C(=O)O)CC5/C=C\CCCCC[C@H](NC(=O)N[C@H](CN(C)S(=O)(=O)N(C)C)C(C)(C)C)C(=O)N4C3)cc(-c3csc(NC(C)C)n3)nc2c1.COc1ccc2c(O[C@@H]3C[C@H]4C(=O)N[C@]5(C(=O)O)CC5/C=C\CCCCC[C@H](NC(=O)N[C@H](CN5CCN(C)S5(=O)=O)C(C)(C)C)C(=O)N4C3)cc(-c3csc(NC(C)C)n3)nc2c1. The van der Waals surface area contributed by atoms with E-state index >= 15 is 0 Å². The molecule has 2 saturated carbocycles. The Balaban J connectivity index is 0.000000232. The average Bonchev–Trinajstić information content (AvgIpc) is 1.58. The molecule has 40 heteroatoms. The molecule has 0 spiro atoms. The lowest BCUT2D eigenvalue weighted by Crippen LogP contribution is -2.59. The number of benzene rings is 2. The van der Waals surface area contributed by atoms with Crippen molar-refractivity contribution in [3.63, 3.8) is 0 Å². The molecular weight excluding hydrogens is 1730 g/mol. The Kier molecular flexibility index (Phi) is 30.4. The summed E-state index contributed by atoms with van der Waals surface area (Å²) < 4.78 is 81.3. The Hall–Kier alpha value is -10.1. The fourth-order valence-electron chi connectivity index (χ4n) is 16.6. The van der Waals surface area contributed by atoms with E-state index in [9.17, 15) is 65.4 Å². The molecule has 2 aromatic carbocycles. The molecule has 8 amide bonds. The number of nitrogens with zero attached hydrogens (tertiary/aromatic N) is 10. The number of anilines is 2. The lowest BCUT2D eigenvalue weighted by atomic mass is 9.86. The van der Waals surface area contributed by atoms with Crippen LogP contribution < -0.4 is 61.5 Å². The van der Waals surface area contributed by atoms with Crippen LogP contribution >= 0.6 is 22.7 Å². The highest BCUT2D eigenvalue weighted by molar-refractivity contribution is 7.87. The van der Waals surface area contributed by atoms with Crippen LogP contribution in [0.2, 0.25) is 0 Å². The summed E-state index contributed by atoms with van der Waals surface area (Å²) in [6.07, 6.45) is 12.7. The Labute approximate surface area is 756 Å². The highest BCUT2D eigenvalue weighted by Gasteiger charge is 2.63. The zero-order chi connectivity index (χ0) is 92.9. The van der Waals surface area contributed by atoms with E-state index in [4.69, 9.17) is 38.9 Å². The zero-order valence-corrected chi connectivity index (χ0v) is 79.0. The molecule has 5 aliphatic heterocycles. The number of likely N-dealkylation sites (N-methyl/N-ethyl adjacent to an activating group) is 2.